The van der Waals surface area contributed by atoms with Gasteiger partial charge in [0.2, 0.25) is 11.8 Å². The van der Waals surface area contributed by atoms with E-state index >= 15 is 0 Å². The molecular formula is C21H24BrN3O3S. The van der Waals surface area contributed by atoms with E-state index < -0.39 is 0 Å². The highest BCUT2D eigenvalue weighted by atomic mass is 79.9. The van der Waals surface area contributed by atoms with Gasteiger partial charge in [-0.3, -0.25) is 14.4 Å². The number of hydrogen-bond donors (Lipinski definition) is 3. The Morgan fingerprint density at radius 2 is 1.79 bits per heavy atom. The molecule has 0 saturated carbocycles. The minimum absolute atomic E-state index is 0.0644. The molecule has 0 heterocycles. The molecule has 0 radical (unpaired) electrons. The SMILES string of the molecule is Cc1cc(Br)ccc1NC(=O)CNC(=O)c1ccccc1SCC(=O)NC(C)C. The van der Waals surface area contributed by atoms with Crippen molar-refractivity contribution in [2.45, 2.75) is 31.7 Å². The van der Waals surface area contributed by atoms with Gasteiger partial charge < -0.3 is 16.0 Å². The maximum atomic E-state index is 12.5. The largest absolute Gasteiger partial charge is 0.353 e. The fraction of sp³-hybridized carbons (Fsp3) is 0.286. The summed E-state index contributed by atoms with van der Waals surface area (Å²) in [6.07, 6.45) is 0. The van der Waals surface area contributed by atoms with Crippen molar-refractivity contribution in [1.29, 1.82) is 0 Å². The third-order valence-corrected chi connectivity index (χ3v) is 5.38. The lowest BCUT2D eigenvalue weighted by Gasteiger charge is -2.12. The molecule has 6 nitrogen and oxygen atoms in total. The monoisotopic (exact) mass is 477 g/mol. The van der Waals surface area contributed by atoms with Crippen LogP contribution < -0.4 is 16.0 Å². The standard InChI is InChI=1S/C21H24BrN3O3S/c1-13(2)24-20(27)12-29-18-7-5-4-6-16(18)21(28)23-11-19(26)25-17-9-8-15(22)10-14(17)3/h4-10,13H,11-12H2,1-3H3,(H,23,28)(H,24,27)(H,25,26). The van der Waals surface area contributed by atoms with E-state index in [-0.39, 0.29) is 36.1 Å². The van der Waals surface area contributed by atoms with Gasteiger partial charge in [0.25, 0.3) is 5.91 Å². The van der Waals surface area contributed by atoms with E-state index in [0.29, 0.717) is 16.1 Å². The van der Waals surface area contributed by atoms with Gasteiger partial charge in [-0.15, -0.1) is 11.8 Å². The zero-order valence-corrected chi connectivity index (χ0v) is 18.9. The Balaban J connectivity index is 1.93. The molecule has 0 aromatic heterocycles. The van der Waals surface area contributed by atoms with Crippen molar-refractivity contribution < 1.29 is 14.4 Å². The maximum Gasteiger partial charge on any atom is 0.252 e. The van der Waals surface area contributed by atoms with Crippen LogP contribution >= 0.6 is 27.7 Å². The highest BCUT2D eigenvalue weighted by Crippen LogP contribution is 2.23. The predicted octanol–water partition coefficient (Wildman–Crippen LogP) is 3.74. The number of halogens is 1. The van der Waals surface area contributed by atoms with Crippen LogP contribution in [0.1, 0.15) is 29.8 Å². The second kappa shape index (κ2) is 11.0. The molecule has 8 heteroatoms. The van der Waals surface area contributed by atoms with E-state index in [0.717, 1.165) is 10.0 Å². The van der Waals surface area contributed by atoms with Crippen LogP contribution in [0.2, 0.25) is 0 Å². The van der Waals surface area contributed by atoms with Crippen molar-refractivity contribution in [3.05, 3.63) is 58.1 Å². The number of amides is 3. The summed E-state index contributed by atoms with van der Waals surface area (Å²) in [5.74, 6) is -0.555. The minimum atomic E-state index is -0.361. The number of thioether (sulfide) groups is 1. The number of rotatable bonds is 8. The Kier molecular flexibility index (Phi) is 8.72. The number of carbonyl (C=O) groups is 3. The number of aryl methyl sites for hydroxylation is 1. The number of benzene rings is 2. The number of hydrogen-bond acceptors (Lipinski definition) is 4. The second-order valence-corrected chi connectivity index (χ2v) is 8.63. The first-order chi connectivity index (χ1) is 13.8. The zero-order valence-electron chi connectivity index (χ0n) is 16.5. The fourth-order valence-corrected chi connectivity index (χ4v) is 3.84. The van der Waals surface area contributed by atoms with Crippen LogP contribution in [0.4, 0.5) is 5.69 Å². The summed E-state index contributed by atoms with van der Waals surface area (Å²) in [5, 5.41) is 8.24. The minimum Gasteiger partial charge on any atom is -0.353 e. The van der Waals surface area contributed by atoms with E-state index in [1.807, 2.05) is 39.0 Å². The van der Waals surface area contributed by atoms with Crippen LogP contribution in [0.15, 0.2) is 51.8 Å². The lowest BCUT2D eigenvalue weighted by atomic mass is 10.2. The molecule has 0 aliphatic heterocycles. The molecule has 0 spiro atoms. The molecule has 0 atom stereocenters. The summed E-state index contributed by atoms with van der Waals surface area (Å²) in [7, 11) is 0. The first-order valence-corrected chi connectivity index (χ1v) is 10.9. The Morgan fingerprint density at radius 3 is 2.48 bits per heavy atom. The molecule has 0 unspecified atom stereocenters. The third-order valence-electron chi connectivity index (χ3n) is 3.81. The summed E-state index contributed by atoms with van der Waals surface area (Å²) >= 11 is 4.67. The third kappa shape index (κ3) is 7.55. The van der Waals surface area contributed by atoms with Crippen molar-refractivity contribution in [3.63, 3.8) is 0 Å². The van der Waals surface area contributed by atoms with Crippen molar-refractivity contribution in [2.24, 2.45) is 0 Å². The first kappa shape index (κ1) is 23.0. The Morgan fingerprint density at radius 1 is 1.07 bits per heavy atom. The molecule has 0 fully saturated rings. The highest BCUT2D eigenvalue weighted by molar-refractivity contribution is 9.10. The highest BCUT2D eigenvalue weighted by Gasteiger charge is 2.14. The molecular weight excluding hydrogens is 454 g/mol. The topological polar surface area (TPSA) is 87.3 Å². The van der Waals surface area contributed by atoms with E-state index in [2.05, 4.69) is 31.9 Å². The van der Waals surface area contributed by atoms with Gasteiger partial charge in [-0.05, 0) is 56.7 Å². The second-order valence-electron chi connectivity index (χ2n) is 6.70. The molecule has 2 rings (SSSR count). The van der Waals surface area contributed by atoms with Gasteiger partial charge in [0.1, 0.15) is 0 Å². The number of anilines is 1. The van der Waals surface area contributed by atoms with Gasteiger partial charge in [0.15, 0.2) is 0 Å². The van der Waals surface area contributed by atoms with E-state index in [1.54, 1.807) is 24.3 Å². The lowest BCUT2D eigenvalue weighted by molar-refractivity contribution is -0.119. The molecule has 3 N–H and O–H groups in total. The summed E-state index contributed by atoms with van der Waals surface area (Å²) in [4.78, 5) is 37.3. The normalized spacial score (nSPS) is 10.5. The molecule has 2 aromatic rings. The molecule has 3 amide bonds. The molecule has 0 aliphatic carbocycles. The van der Waals surface area contributed by atoms with Crippen molar-refractivity contribution in [3.8, 4) is 0 Å². The summed E-state index contributed by atoms with van der Waals surface area (Å²) < 4.78 is 0.928. The molecule has 29 heavy (non-hydrogen) atoms. The van der Waals surface area contributed by atoms with Crippen molar-refractivity contribution >= 4 is 51.1 Å². The Hall–Kier alpha value is -2.32. The van der Waals surface area contributed by atoms with Gasteiger partial charge in [0, 0.05) is 21.1 Å². The van der Waals surface area contributed by atoms with Gasteiger partial charge in [-0.2, -0.15) is 0 Å². The average molecular weight is 478 g/mol. The summed E-state index contributed by atoms with van der Waals surface area (Å²) in [6.45, 7) is 5.53. The molecule has 154 valence electrons. The lowest BCUT2D eigenvalue weighted by Crippen LogP contribution is -2.33. The van der Waals surface area contributed by atoms with Gasteiger partial charge in [-0.1, -0.05) is 28.1 Å². The fourth-order valence-electron chi connectivity index (χ4n) is 2.50. The molecule has 0 bridgehead atoms. The predicted molar refractivity (Wildman–Crippen MR) is 120 cm³/mol. The van der Waals surface area contributed by atoms with Crippen LogP contribution in [-0.4, -0.2) is 36.1 Å². The number of carbonyl (C=O) groups excluding carboxylic acids is 3. The van der Waals surface area contributed by atoms with Crippen molar-refractivity contribution in [2.75, 3.05) is 17.6 Å². The Bertz CT molecular complexity index is 902. The van der Waals surface area contributed by atoms with Crippen LogP contribution in [-0.2, 0) is 9.59 Å². The van der Waals surface area contributed by atoms with Crippen LogP contribution in [0.25, 0.3) is 0 Å². The maximum absolute atomic E-state index is 12.5. The molecule has 0 aliphatic rings. The molecule has 2 aromatic carbocycles. The van der Waals surface area contributed by atoms with Crippen LogP contribution in [0.5, 0.6) is 0 Å². The molecule has 0 saturated heterocycles. The number of nitrogens with one attached hydrogen (secondary N) is 3. The smallest absolute Gasteiger partial charge is 0.252 e. The van der Waals surface area contributed by atoms with Crippen LogP contribution in [0, 0.1) is 6.92 Å². The van der Waals surface area contributed by atoms with E-state index in [9.17, 15) is 14.4 Å². The van der Waals surface area contributed by atoms with Crippen molar-refractivity contribution in [1.82, 2.24) is 10.6 Å². The Labute approximate surface area is 183 Å². The summed E-state index contributed by atoms with van der Waals surface area (Å²) in [6, 6.07) is 12.6. The van der Waals surface area contributed by atoms with Gasteiger partial charge in [0.05, 0.1) is 17.9 Å². The zero-order chi connectivity index (χ0) is 21.4. The van der Waals surface area contributed by atoms with Gasteiger partial charge >= 0.3 is 0 Å². The first-order valence-electron chi connectivity index (χ1n) is 9.11. The van der Waals surface area contributed by atoms with Crippen LogP contribution in [0.3, 0.4) is 0 Å². The van der Waals surface area contributed by atoms with E-state index in [1.165, 1.54) is 11.8 Å². The average Bonchev–Trinajstić information content (AvgIpc) is 2.66. The quantitative estimate of drug-likeness (QED) is 0.505. The summed E-state index contributed by atoms with van der Waals surface area (Å²) in [5.41, 5.74) is 2.04. The van der Waals surface area contributed by atoms with Gasteiger partial charge in [-0.25, -0.2) is 0 Å². The van der Waals surface area contributed by atoms with E-state index in [4.69, 9.17) is 0 Å².